The van der Waals surface area contributed by atoms with Crippen molar-refractivity contribution in [1.29, 1.82) is 0 Å². The predicted octanol–water partition coefficient (Wildman–Crippen LogP) is 3.12. The van der Waals surface area contributed by atoms with Gasteiger partial charge in [0.15, 0.2) is 0 Å². The first-order chi connectivity index (χ1) is 9.27. The monoisotopic (exact) mass is 285 g/mol. The maximum Gasteiger partial charge on any atom is 0.0863 e. The zero-order valence-electron chi connectivity index (χ0n) is 12.5. The first kappa shape index (κ1) is 18.5. The van der Waals surface area contributed by atoms with Gasteiger partial charge in [-0.2, -0.15) is 0 Å². The minimum absolute atomic E-state index is 0.247. The Balaban J connectivity index is 0.000000741. The zero-order valence-corrected chi connectivity index (χ0v) is 13.7. The Morgan fingerprint density at radius 1 is 1.21 bits per heavy atom. The molecule has 110 valence electrons. The number of ether oxygens (including phenoxy) is 1. The van der Waals surface area contributed by atoms with Gasteiger partial charge in [0.25, 0.3) is 0 Å². The van der Waals surface area contributed by atoms with Gasteiger partial charge < -0.3 is 9.84 Å². The molecule has 1 aliphatic rings. The predicted molar refractivity (Wildman–Crippen MR) is 85.1 cm³/mol. The summed E-state index contributed by atoms with van der Waals surface area (Å²) in [4.78, 5) is 0. The second-order valence-corrected chi connectivity index (χ2v) is 4.90. The van der Waals surface area contributed by atoms with E-state index in [0.29, 0.717) is 5.92 Å². The summed E-state index contributed by atoms with van der Waals surface area (Å²) < 4.78 is 8.17. The molecular weight excluding hydrogens is 257 g/mol. The summed E-state index contributed by atoms with van der Waals surface area (Å²) in [5.41, 5.74) is 1.30. The highest BCUT2D eigenvalue weighted by Gasteiger charge is 2.24. The Kier molecular flexibility index (Phi) is 11.1. The number of hydrogen-bond acceptors (Lipinski definition) is 3. The lowest BCUT2D eigenvalue weighted by atomic mass is 9.97. The Hall–Kier alpha value is -0.470. The summed E-state index contributed by atoms with van der Waals surface area (Å²) in [6.45, 7) is 9.13. The molecule has 4 heteroatoms. The van der Waals surface area contributed by atoms with Crippen LogP contribution < -0.4 is 0 Å². The third kappa shape index (κ3) is 6.49. The van der Waals surface area contributed by atoms with Crippen molar-refractivity contribution in [3.63, 3.8) is 0 Å². The molecule has 1 fully saturated rings. The lowest BCUT2D eigenvalue weighted by molar-refractivity contribution is 0.0360. The van der Waals surface area contributed by atoms with Gasteiger partial charge in [0.1, 0.15) is 0 Å². The van der Waals surface area contributed by atoms with Gasteiger partial charge >= 0.3 is 0 Å². The van der Waals surface area contributed by atoms with Crippen LogP contribution in [0.5, 0.6) is 0 Å². The van der Waals surface area contributed by atoms with Crippen LogP contribution in [0.2, 0.25) is 0 Å². The lowest BCUT2D eigenvalue weighted by Gasteiger charge is -2.22. The number of aliphatic hydroxyl groups excluding tert-OH is 1. The summed E-state index contributed by atoms with van der Waals surface area (Å²) in [7, 11) is 3.77. The third-order valence-corrected chi connectivity index (χ3v) is 3.31. The first-order valence-corrected chi connectivity index (χ1v) is 7.40. The van der Waals surface area contributed by atoms with Crippen molar-refractivity contribution >= 4 is 9.39 Å². The van der Waals surface area contributed by atoms with E-state index in [2.05, 4.69) is 45.3 Å². The Morgan fingerprint density at radius 3 is 2.37 bits per heavy atom. The molecular formula is C15H28NO2P. The summed E-state index contributed by atoms with van der Waals surface area (Å²) >= 11 is 0. The molecule has 2 unspecified atom stereocenters. The van der Waals surface area contributed by atoms with Crippen LogP contribution in [0.25, 0.3) is 0 Å². The average Bonchev–Trinajstić information content (AvgIpc) is 2.65. The molecule has 0 spiro atoms. The second kappa shape index (κ2) is 11.4. The Morgan fingerprint density at radius 2 is 1.79 bits per heavy atom. The average molecular weight is 285 g/mol. The molecule has 0 bridgehead atoms. The van der Waals surface area contributed by atoms with Crippen LogP contribution in [-0.2, 0) is 4.74 Å². The zero-order chi connectivity index (χ0) is 14.7. The van der Waals surface area contributed by atoms with Crippen LogP contribution in [-0.4, -0.2) is 36.6 Å². The fourth-order valence-corrected chi connectivity index (χ4v) is 2.52. The molecule has 3 atom stereocenters. The van der Waals surface area contributed by atoms with Gasteiger partial charge in [-0.1, -0.05) is 60.5 Å². The van der Waals surface area contributed by atoms with E-state index in [-0.39, 0.29) is 6.10 Å². The molecule has 0 aromatic heterocycles. The molecule has 0 aliphatic carbocycles. The van der Waals surface area contributed by atoms with E-state index in [1.54, 1.807) is 0 Å². The fourth-order valence-electron chi connectivity index (χ4n) is 2.09. The van der Waals surface area contributed by atoms with Crippen LogP contribution in [0, 0.1) is 5.92 Å². The minimum atomic E-state index is 0.247. The van der Waals surface area contributed by atoms with E-state index in [0.717, 1.165) is 26.8 Å². The van der Waals surface area contributed by atoms with Crippen molar-refractivity contribution in [2.75, 3.05) is 26.8 Å². The molecule has 1 saturated heterocycles. The van der Waals surface area contributed by atoms with E-state index in [4.69, 9.17) is 9.84 Å². The van der Waals surface area contributed by atoms with E-state index >= 15 is 0 Å². The summed E-state index contributed by atoms with van der Waals surface area (Å²) in [5.74, 6) is 0.535. The molecule has 1 heterocycles. The molecule has 1 aliphatic heterocycles. The van der Waals surface area contributed by atoms with Crippen molar-refractivity contribution < 1.29 is 9.84 Å². The van der Waals surface area contributed by atoms with E-state index in [9.17, 15) is 0 Å². The van der Waals surface area contributed by atoms with Crippen molar-refractivity contribution in [3.05, 3.63) is 35.9 Å². The summed E-state index contributed by atoms with van der Waals surface area (Å²) in [6, 6.07) is 10.5. The van der Waals surface area contributed by atoms with E-state index in [1.165, 1.54) is 5.56 Å². The lowest BCUT2D eigenvalue weighted by Crippen LogP contribution is -2.20. The number of rotatable bonds is 1. The topological polar surface area (TPSA) is 32.7 Å². The largest absolute Gasteiger partial charge is 0.400 e. The molecule has 1 aromatic carbocycles. The van der Waals surface area contributed by atoms with Crippen LogP contribution in [0.15, 0.2) is 30.3 Å². The molecule has 3 nitrogen and oxygen atoms in total. The smallest absolute Gasteiger partial charge is 0.0863 e. The van der Waals surface area contributed by atoms with Gasteiger partial charge in [0.05, 0.1) is 12.7 Å². The van der Waals surface area contributed by atoms with Gasteiger partial charge in [0, 0.05) is 20.2 Å². The van der Waals surface area contributed by atoms with Gasteiger partial charge in [-0.25, -0.2) is 0 Å². The second-order valence-electron chi connectivity index (χ2n) is 4.17. The van der Waals surface area contributed by atoms with Crippen LogP contribution in [0.3, 0.4) is 0 Å². The third-order valence-electron chi connectivity index (χ3n) is 2.84. The van der Waals surface area contributed by atoms with Crippen LogP contribution in [0.1, 0.15) is 32.4 Å². The van der Waals surface area contributed by atoms with Crippen molar-refractivity contribution in [1.82, 2.24) is 4.67 Å². The maximum atomic E-state index is 7.00. The van der Waals surface area contributed by atoms with Crippen LogP contribution in [0.4, 0.5) is 0 Å². The van der Waals surface area contributed by atoms with Gasteiger partial charge in [0.2, 0.25) is 0 Å². The minimum Gasteiger partial charge on any atom is -0.400 e. The van der Waals surface area contributed by atoms with E-state index in [1.807, 2.05) is 19.9 Å². The van der Waals surface area contributed by atoms with Crippen molar-refractivity contribution in [2.24, 2.45) is 5.92 Å². The fraction of sp³-hybridized carbons (Fsp3) is 0.600. The van der Waals surface area contributed by atoms with Crippen LogP contribution >= 0.6 is 9.39 Å². The number of hydrogen-bond donors (Lipinski definition) is 1. The molecule has 1 aromatic rings. The standard InChI is InChI=1S/C12H18NOP.C2H6.CH4O/c1-10-9-13(15)7-8-14-12(10)11-5-3-2-4-6-11;2*1-2/h2-6,10,12H,7-9,15H2,1H3;1-2H3;2H,1H3/t10-,12?;;/m0../s1. The number of aliphatic hydroxyl groups is 1. The number of benzene rings is 1. The molecule has 0 amide bonds. The summed E-state index contributed by atoms with van der Waals surface area (Å²) in [6.07, 6.45) is 0.247. The van der Waals surface area contributed by atoms with E-state index < -0.39 is 0 Å². The van der Waals surface area contributed by atoms with Gasteiger partial charge in [-0.05, 0) is 11.5 Å². The highest BCUT2D eigenvalue weighted by Crippen LogP contribution is 2.29. The summed E-state index contributed by atoms with van der Waals surface area (Å²) in [5, 5.41) is 7.00. The first-order valence-electron chi connectivity index (χ1n) is 6.88. The van der Waals surface area contributed by atoms with Gasteiger partial charge in [-0.15, -0.1) is 0 Å². The van der Waals surface area contributed by atoms with Crippen molar-refractivity contribution in [3.8, 4) is 0 Å². The molecule has 0 radical (unpaired) electrons. The quantitative estimate of drug-likeness (QED) is 0.805. The maximum absolute atomic E-state index is 7.00. The molecule has 19 heavy (non-hydrogen) atoms. The SMILES string of the molecule is CC.CO.C[C@H]1CN(P)CCOC1c1ccccc1. The Labute approximate surface area is 120 Å². The Bertz CT molecular complexity index is 308. The molecule has 1 N–H and O–H groups in total. The molecule has 0 saturated carbocycles. The normalized spacial score (nSPS) is 23.3. The number of nitrogens with zero attached hydrogens (tertiary/aromatic N) is 1. The molecule has 2 rings (SSSR count). The van der Waals surface area contributed by atoms with Crippen molar-refractivity contribution in [2.45, 2.75) is 26.9 Å². The van der Waals surface area contributed by atoms with Gasteiger partial charge in [-0.3, -0.25) is 4.67 Å². The highest BCUT2D eigenvalue weighted by atomic mass is 31.0. The highest BCUT2D eigenvalue weighted by molar-refractivity contribution is 7.13.